The Morgan fingerprint density at radius 2 is 0.654 bits per heavy atom. The number of benzene rings is 4. The SMILES string of the molecule is COCCN1CCC(c2cc(C)c3nc(-c4c(NCCn5cc(Cl)cn5)cc[nH]c4=O)[nH]c3c2)CC1.Cc1cc(C2CCN(C)CC2)cc2[nH]c(-c3c(NCCn4cc(Cl)cn4)cc[nH]c3=O)nc12.Cc1cc(C2CCN(CCO)CC2)cc2[nH]c(-c3c(NCCn4cc(Cl)cn4)cc[nH]c3=O)nc12.Cc1cc(C2CCNCC2)cc2[nH]c(-c3c(NCCn4cc(Cl)cn4)cc[nH]c3=O)nc12. The monoisotopic (exact) mass is 1920 g/mol. The summed E-state index contributed by atoms with van der Waals surface area (Å²) < 4.78 is 12.3. The number of rotatable bonds is 29. The quantitative estimate of drug-likeness (QED) is 0.0207. The number of nitrogens with one attached hydrogen (secondary N) is 13. The van der Waals surface area contributed by atoms with Gasteiger partial charge in [-0.1, -0.05) is 70.7 Å². The van der Waals surface area contributed by atoms with Gasteiger partial charge in [0.1, 0.15) is 45.6 Å². The van der Waals surface area contributed by atoms with Crippen LogP contribution in [0.5, 0.6) is 0 Å². The standard InChI is InChI=1S/C26H32ClN7O2.C25H30ClN7O2.C24H28ClN7O.C23H26ClN7O/c1-17-13-19(18-4-8-33(9-5-18)11-12-36-2)14-22-24(17)32-25(31-22)23-21(3-6-29-26(23)35)28-7-10-34-16-20(27)15-30-34;1-16-12-18(17-3-7-32(8-4-17)10-11-34)13-21-23(16)31-24(30-21)22-20(2-5-28-25(22)35)27-6-9-33-15-19(26)14-29-33;1-15-11-17(16-4-8-31(2)9-5-16)12-20-22(15)30-23(29-20)21-19(3-6-27-24(21)33)26-7-10-32-14-18(25)13-28-32;1-14-10-16(15-2-5-25-6-3-15)11-19-21(14)30-22(29-19)20-18(4-7-27-23(20)32)26-8-9-31-13-17(24)12-28-31/h3,6,13-16,18H,4-5,7-12H2,1-2H3,(H,31,32)(H2,28,29,35);2,5,12-15,17,34H,3-4,6-11H2,1H3,(H,30,31)(H2,27,28,35);3,6,11-14,16H,4-5,7-10H2,1-2H3,(H,29,30)(H2,26,27,33);4,7,10-13,15,25H,2-3,5-6,8-9H2,1H3,(H,29,30)(H2,26,27,32). The second-order valence-corrected chi connectivity index (χ2v) is 37.3. The highest BCUT2D eigenvalue weighted by atomic mass is 35.5. The summed E-state index contributed by atoms with van der Waals surface area (Å²) in [5.41, 5.74) is 21.3. The summed E-state index contributed by atoms with van der Waals surface area (Å²) in [6.45, 7) is 24.4. The third-order valence-corrected chi connectivity index (χ3v) is 26.9. The van der Waals surface area contributed by atoms with Crippen LogP contribution in [0.3, 0.4) is 0 Å². The number of hydrogen-bond donors (Lipinski definition) is 14. The van der Waals surface area contributed by atoms with E-state index in [9.17, 15) is 24.3 Å². The largest absolute Gasteiger partial charge is 0.395 e. The average Bonchev–Trinajstić information content (AvgIpc) is 1.64. The van der Waals surface area contributed by atoms with E-state index in [2.05, 4.69) is 185 Å². The Hall–Kier alpha value is -12.5. The summed E-state index contributed by atoms with van der Waals surface area (Å²) in [6.07, 6.45) is 29.1. The van der Waals surface area contributed by atoms with Crippen molar-refractivity contribution < 1.29 is 9.84 Å². The third kappa shape index (κ3) is 23.1. The summed E-state index contributed by atoms with van der Waals surface area (Å²) in [4.78, 5) is 102. The van der Waals surface area contributed by atoms with E-state index in [0.717, 1.165) is 207 Å². The molecule has 0 atom stereocenters. The van der Waals surface area contributed by atoms with Gasteiger partial charge in [0.25, 0.3) is 22.2 Å². The van der Waals surface area contributed by atoms with E-state index in [1.807, 2.05) is 24.3 Å². The van der Waals surface area contributed by atoms with E-state index in [-0.39, 0.29) is 28.8 Å². The number of ether oxygens (including phenoxy) is 1. The molecule has 14 N–H and O–H groups in total. The lowest BCUT2D eigenvalue weighted by molar-refractivity contribution is 0.130. The van der Waals surface area contributed by atoms with Gasteiger partial charge in [-0.25, -0.2) is 19.9 Å². The van der Waals surface area contributed by atoms with Crippen LogP contribution in [0.4, 0.5) is 22.7 Å². The number of aromatic amines is 8. The van der Waals surface area contributed by atoms with Crippen LogP contribution in [0.15, 0.2) is 166 Å². The third-order valence-electron chi connectivity index (χ3n) is 26.2. The average molecular weight is 1920 g/mol. The lowest BCUT2D eigenvalue weighted by Gasteiger charge is -2.32. The number of β-amino-alcohol motifs (C(OH)–C–C–N with tert-alkyl or cyclic N) is 1. The lowest BCUT2D eigenvalue weighted by Crippen LogP contribution is -2.35. The molecular weight excluding hydrogens is 1810 g/mol. The number of halogens is 4. The number of aryl methyl sites for hydroxylation is 4. The molecule has 0 unspecified atom stereocenters. The zero-order valence-electron chi connectivity index (χ0n) is 77.2. The molecule has 712 valence electrons. The number of aliphatic hydroxyl groups excluding tert-OH is 1. The fraction of sp³-hybridized carbons (Fsp3) is 0.388. The maximum Gasteiger partial charge on any atom is 0.261 e. The smallest absolute Gasteiger partial charge is 0.261 e. The van der Waals surface area contributed by atoms with Crippen LogP contribution < -0.4 is 48.8 Å². The van der Waals surface area contributed by atoms with Crippen LogP contribution in [0, 0.1) is 27.7 Å². The number of methoxy groups -OCH3 is 1. The molecule has 0 spiro atoms. The topological polar surface area (TPSA) is 417 Å². The number of H-pyrrole nitrogens is 8. The van der Waals surface area contributed by atoms with Crippen LogP contribution in [0.2, 0.25) is 20.1 Å². The fourth-order valence-electron chi connectivity index (χ4n) is 19.0. The van der Waals surface area contributed by atoms with Gasteiger partial charge in [0.2, 0.25) is 0 Å². The molecule has 0 bridgehead atoms. The van der Waals surface area contributed by atoms with Crippen LogP contribution >= 0.6 is 46.4 Å². The molecule has 4 saturated heterocycles. The molecule has 12 aromatic heterocycles. The molecule has 4 aromatic carbocycles. The van der Waals surface area contributed by atoms with Crippen LogP contribution in [-0.4, -0.2) is 238 Å². The number of likely N-dealkylation sites (tertiary alicyclic amines) is 3. The van der Waals surface area contributed by atoms with Crippen molar-refractivity contribution in [1.82, 2.24) is 119 Å². The van der Waals surface area contributed by atoms with E-state index in [1.54, 1.807) is 100 Å². The lowest BCUT2D eigenvalue weighted by atomic mass is 9.88. The van der Waals surface area contributed by atoms with Gasteiger partial charge in [-0.2, -0.15) is 20.4 Å². The summed E-state index contributed by atoms with van der Waals surface area (Å²) in [5, 5.41) is 45.2. The van der Waals surface area contributed by atoms with Crippen molar-refractivity contribution in [1.29, 1.82) is 0 Å². The molecule has 0 saturated carbocycles. The molecule has 0 radical (unpaired) electrons. The Balaban J connectivity index is 0.000000126. The molecule has 136 heavy (non-hydrogen) atoms. The highest BCUT2D eigenvalue weighted by molar-refractivity contribution is 6.31. The maximum atomic E-state index is 12.9. The van der Waals surface area contributed by atoms with Crippen molar-refractivity contribution in [3.05, 3.63) is 253 Å². The number of aliphatic hydroxyl groups is 1. The summed E-state index contributed by atoms with van der Waals surface area (Å²) in [5.74, 6) is 4.36. The number of anilines is 4. The molecular formula is C98H116Cl4N28O6. The first kappa shape index (κ1) is 95.3. The van der Waals surface area contributed by atoms with Crippen LogP contribution in [-0.2, 0) is 30.9 Å². The van der Waals surface area contributed by atoms with Crippen molar-refractivity contribution in [3.8, 4) is 45.6 Å². The molecule has 20 rings (SSSR count). The molecule has 4 fully saturated rings. The fourth-order valence-corrected chi connectivity index (χ4v) is 19.7. The van der Waals surface area contributed by atoms with E-state index in [1.165, 1.54) is 22.3 Å². The van der Waals surface area contributed by atoms with E-state index in [4.69, 9.17) is 71.1 Å². The second-order valence-electron chi connectivity index (χ2n) is 35.6. The molecule has 4 aliphatic rings. The number of piperidine rings is 4. The normalized spacial score (nSPS) is 15.1. The van der Waals surface area contributed by atoms with Gasteiger partial charge >= 0.3 is 0 Å². The number of fused-ring (bicyclic) bond motifs is 4. The van der Waals surface area contributed by atoms with Gasteiger partial charge in [0.15, 0.2) is 0 Å². The highest BCUT2D eigenvalue weighted by Gasteiger charge is 2.29. The summed E-state index contributed by atoms with van der Waals surface area (Å²) >= 11 is 23.8. The van der Waals surface area contributed by atoms with E-state index >= 15 is 0 Å². The number of hydrogen-bond acceptors (Lipinski definition) is 22. The predicted molar refractivity (Wildman–Crippen MR) is 541 cm³/mol. The number of imidazole rings is 4. The zero-order valence-corrected chi connectivity index (χ0v) is 80.2. The molecule has 16 aromatic rings. The van der Waals surface area contributed by atoms with Crippen LogP contribution in [0.25, 0.3) is 89.7 Å². The van der Waals surface area contributed by atoms with E-state index in [0.29, 0.717) is 147 Å². The van der Waals surface area contributed by atoms with Crippen LogP contribution in [0.1, 0.15) is 120 Å². The first-order valence-corrected chi connectivity index (χ1v) is 48.1. The van der Waals surface area contributed by atoms with Crippen molar-refractivity contribution in [2.45, 2.75) is 129 Å². The Morgan fingerprint density at radius 1 is 0.382 bits per heavy atom. The molecule has 34 nitrogen and oxygen atoms in total. The first-order valence-electron chi connectivity index (χ1n) is 46.6. The Bertz CT molecular complexity index is 7040. The minimum atomic E-state index is -0.203. The summed E-state index contributed by atoms with van der Waals surface area (Å²) in [6, 6.07) is 25.2. The Labute approximate surface area is 804 Å². The predicted octanol–water partition coefficient (Wildman–Crippen LogP) is 15.0. The second kappa shape index (κ2) is 44.1. The molecule has 4 aliphatic heterocycles. The van der Waals surface area contributed by atoms with Crippen molar-refractivity contribution in [2.24, 2.45) is 0 Å². The maximum absolute atomic E-state index is 12.9. The van der Waals surface area contributed by atoms with Gasteiger partial charge in [-0.05, 0) is 255 Å². The van der Waals surface area contributed by atoms with Crippen molar-refractivity contribution >= 4 is 113 Å². The zero-order chi connectivity index (χ0) is 94.5. The van der Waals surface area contributed by atoms with Crippen molar-refractivity contribution in [2.75, 3.05) is 140 Å². The number of aromatic nitrogens is 20. The van der Waals surface area contributed by atoms with Crippen molar-refractivity contribution in [3.63, 3.8) is 0 Å². The minimum Gasteiger partial charge on any atom is -0.395 e. The molecule has 0 amide bonds. The molecule has 38 heteroatoms. The minimum absolute atomic E-state index is 0.186. The highest BCUT2D eigenvalue weighted by Crippen LogP contribution is 2.39. The van der Waals surface area contributed by atoms with Gasteiger partial charge in [-0.15, -0.1) is 0 Å². The Morgan fingerprint density at radius 3 is 0.919 bits per heavy atom. The molecule has 16 heterocycles. The van der Waals surface area contributed by atoms with Gasteiger partial charge < -0.3 is 91.0 Å². The van der Waals surface area contributed by atoms with Gasteiger partial charge in [-0.3, -0.25) is 37.9 Å². The van der Waals surface area contributed by atoms with E-state index < -0.39 is 0 Å². The number of pyridine rings is 4. The van der Waals surface area contributed by atoms with Gasteiger partial charge in [0.05, 0.1) is 151 Å². The first-order chi connectivity index (χ1) is 66.1. The van der Waals surface area contributed by atoms with Gasteiger partial charge in [0, 0.05) is 96.0 Å². The summed E-state index contributed by atoms with van der Waals surface area (Å²) in [7, 11) is 3.93. The molecule has 0 aliphatic carbocycles. The number of nitrogens with zero attached hydrogens (tertiary/aromatic N) is 15. The Kier molecular flexibility index (Phi) is 30.9.